The highest BCUT2D eigenvalue weighted by molar-refractivity contribution is 8.18. The molecule has 0 atom stereocenters. The number of benzene rings is 2. The summed E-state index contributed by atoms with van der Waals surface area (Å²) in [5.41, 5.74) is 2.46. The van der Waals surface area contributed by atoms with Crippen LogP contribution in [0.25, 0.3) is 6.08 Å². The number of carbonyl (C=O) groups is 4. The maximum Gasteiger partial charge on any atom is 0.294 e. The third kappa shape index (κ3) is 6.51. The van der Waals surface area contributed by atoms with Crippen molar-refractivity contribution >= 4 is 46.5 Å². The van der Waals surface area contributed by atoms with E-state index in [-0.39, 0.29) is 29.9 Å². The molecule has 8 nitrogen and oxygen atoms in total. The lowest BCUT2D eigenvalue weighted by molar-refractivity contribution is -0.136. The first kappa shape index (κ1) is 24.5. The average Bonchev–Trinajstić information content (AvgIpc) is 3.11. The number of ether oxygens (including phenoxy) is 1. The zero-order valence-electron chi connectivity index (χ0n) is 19.5. The van der Waals surface area contributed by atoms with Gasteiger partial charge in [-0.3, -0.25) is 24.1 Å². The number of hydrogen-bond acceptors (Lipinski definition) is 6. The van der Waals surface area contributed by atoms with E-state index in [2.05, 4.69) is 5.32 Å². The van der Waals surface area contributed by atoms with Crippen LogP contribution in [-0.2, 0) is 14.4 Å². The molecule has 2 aromatic rings. The smallest absolute Gasteiger partial charge is 0.294 e. The summed E-state index contributed by atoms with van der Waals surface area (Å²) in [5.74, 6) is -0.422. The lowest BCUT2D eigenvalue weighted by Crippen LogP contribution is -2.44. The minimum atomic E-state index is -0.460. The third-order valence-electron chi connectivity index (χ3n) is 5.73. The number of likely N-dealkylation sites (tertiary alicyclic amines) is 1. The van der Waals surface area contributed by atoms with Crippen LogP contribution >= 0.6 is 11.8 Å². The fraction of sp³-hybridized carbons (Fsp3) is 0.308. The Morgan fingerprint density at radius 1 is 1.06 bits per heavy atom. The molecule has 9 heteroatoms. The number of rotatable bonds is 7. The standard InChI is InChI=1S/C26H27N3O5S/c1-18-6-5-7-20(14-18)27-23(30)17-34-21-10-8-19(9-11-21)15-22-25(32)29(26(33)35-22)16-24(31)28-12-3-2-4-13-28/h5-11,14-15H,2-4,12-13,16-17H2,1H3,(H,27,30)/b22-15-. The maximum absolute atomic E-state index is 12.7. The minimum Gasteiger partial charge on any atom is -0.484 e. The molecule has 0 radical (unpaired) electrons. The van der Waals surface area contributed by atoms with E-state index in [9.17, 15) is 19.2 Å². The topological polar surface area (TPSA) is 96.0 Å². The molecule has 0 bridgehead atoms. The predicted octanol–water partition coefficient (Wildman–Crippen LogP) is 4.06. The molecule has 2 aliphatic rings. The van der Waals surface area contributed by atoms with Gasteiger partial charge in [0.1, 0.15) is 12.3 Å². The normalized spacial score (nSPS) is 17.1. The minimum absolute atomic E-state index is 0.142. The van der Waals surface area contributed by atoms with Crippen LogP contribution in [0, 0.1) is 6.92 Å². The Labute approximate surface area is 208 Å². The van der Waals surface area contributed by atoms with Crippen molar-refractivity contribution in [2.24, 2.45) is 0 Å². The molecule has 182 valence electrons. The van der Waals surface area contributed by atoms with Gasteiger partial charge in [0.15, 0.2) is 6.61 Å². The molecule has 4 amide bonds. The molecule has 2 fully saturated rings. The molecule has 4 rings (SSSR count). The Morgan fingerprint density at radius 2 is 1.80 bits per heavy atom. The summed E-state index contributed by atoms with van der Waals surface area (Å²) in [6, 6.07) is 14.4. The second-order valence-electron chi connectivity index (χ2n) is 8.48. The molecule has 2 aromatic carbocycles. The lowest BCUT2D eigenvalue weighted by atomic mass is 10.1. The SMILES string of the molecule is Cc1cccc(NC(=O)COc2ccc(/C=C3\SC(=O)N(CC(=O)N4CCCCC4)C3=O)cc2)c1. The summed E-state index contributed by atoms with van der Waals surface area (Å²) in [4.78, 5) is 52.7. The number of carbonyl (C=O) groups excluding carboxylic acids is 4. The predicted molar refractivity (Wildman–Crippen MR) is 135 cm³/mol. The summed E-state index contributed by atoms with van der Waals surface area (Å²) in [5, 5.41) is 2.34. The molecule has 2 saturated heterocycles. The van der Waals surface area contributed by atoms with Crippen LogP contribution in [0.4, 0.5) is 10.5 Å². The monoisotopic (exact) mass is 493 g/mol. The fourth-order valence-corrected chi connectivity index (χ4v) is 4.73. The van der Waals surface area contributed by atoms with E-state index in [0.717, 1.165) is 41.5 Å². The Morgan fingerprint density at radius 3 is 2.51 bits per heavy atom. The van der Waals surface area contributed by atoms with E-state index in [1.807, 2.05) is 31.2 Å². The first-order valence-corrected chi connectivity index (χ1v) is 12.3. The van der Waals surface area contributed by atoms with Gasteiger partial charge >= 0.3 is 0 Å². The van der Waals surface area contributed by atoms with E-state index >= 15 is 0 Å². The highest BCUT2D eigenvalue weighted by Crippen LogP contribution is 2.32. The number of aryl methyl sites for hydroxylation is 1. The van der Waals surface area contributed by atoms with E-state index in [0.29, 0.717) is 30.1 Å². The number of piperidine rings is 1. The van der Waals surface area contributed by atoms with Crippen LogP contribution < -0.4 is 10.1 Å². The quantitative estimate of drug-likeness (QED) is 0.585. The first-order chi connectivity index (χ1) is 16.9. The van der Waals surface area contributed by atoms with Crippen LogP contribution in [-0.4, -0.2) is 59.0 Å². The van der Waals surface area contributed by atoms with E-state index < -0.39 is 11.1 Å². The molecule has 0 spiro atoms. The highest BCUT2D eigenvalue weighted by Gasteiger charge is 2.37. The summed E-state index contributed by atoms with van der Waals surface area (Å²) in [6.07, 6.45) is 4.61. The van der Waals surface area contributed by atoms with Gasteiger partial charge < -0.3 is 15.0 Å². The second kappa shape index (κ2) is 11.2. The van der Waals surface area contributed by atoms with Crippen molar-refractivity contribution in [2.75, 3.05) is 31.6 Å². The van der Waals surface area contributed by atoms with Crippen molar-refractivity contribution in [3.8, 4) is 5.75 Å². The van der Waals surface area contributed by atoms with Crippen molar-refractivity contribution in [3.05, 3.63) is 64.6 Å². The zero-order valence-corrected chi connectivity index (χ0v) is 20.3. The molecule has 0 aliphatic carbocycles. The van der Waals surface area contributed by atoms with Crippen LogP contribution in [0.1, 0.15) is 30.4 Å². The van der Waals surface area contributed by atoms with Crippen molar-refractivity contribution in [1.82, 2.24) is 9.80 Å². The van der Waals surface area contributed by atoms with E-state index in [1.165, 1.54) is 0 Å². The van der Waals surface area contributed by atoms with Crippen molar-refractivity contribution in [3.63, 3.8) is 0 Å². The number of hydrogen-bond donors (Lipinski definition) is 1. The largest absolute Gasteiger partial charge is 0.484 e. The van der Waals surface area contributed by atoms with E-state index in [4.69, 9.17) is 4.74 Å². The third-order valence-corrected chi connectivity index (χ3v) is 6.63. The molecule has 0 saturated carbocycles. The molecule has 2 heterocycles. The average molecular weight is 494 g/mol. The van der Waals surface area contributed by atoms with E-state index in [1.54, 1.807) is 35.2 Å². The van der Waals surface area contributed by atoms with Gasteiger partial charge in [-0.05, 0) is 79.4 Å². The van der Waals surface area contributed by atoms with Crippen molar-refractivity contribution in [1.29, 1.82) is 0 Å². The second-order valence-corrected chi connectivity index (χ2v) is 9.48. The van der Waals surface area contributed by atoms with Crippen LogP contribution in [0.5, 0.6) is 5.75 Å². The number of imide groups is 1. The Hall–Kier alpha value is -3.59. The Kier molecular flexibility index (Phi) is 7.87. The highest BCUT2D eigenvalue weighted by atomic mass is 32.2. The van der Waals surface area contributed by atoms with Gasteiger partial charge in [0.2, 0.25) is 5.91 Å². The van der Waals surface area contributed by atoms with Gasteiger partial charge in [-0.1, -0.05) is 24.3 Å². The fourth-order valence-electron chi connectivity index (χ4n) is 3.90. The van der Waals surface area contributed by atoms with Crippen LogP contribution in [0.3, 0.4) is 0 Å². The van der Waals surface area contributed by atoms with Crippen molar-refractivity contribution < 1.29 is 23.9 Å². The molecular weight excluding hydrogens is 466 g/mol. The summed E-state index contributed by atoms with van der Waals surface area (Å²) >= 11 is 0.829. The number of nitrogens with zero attached hydrogens (tertiary/aromatic N) is 2. The summed E-state index contributed by atoms with van der Waals surface area (Å²) < 4.78 is 5.54. The molecule has 0 unspecified atom stereocenters. The molecule has 0 aromatic heterocycles. The Bertz CT molecular complexity index is 1160. The lowest BCUT2D eigenvalue weighted by Gasteiger charge is -2.27. The van der Waals surface area contributed by atoms with Crippen molar-refractivity contribution in [2.45, 2.75) is 26.2 Å². The first-order valence-electron chi connectivity index (χ1n) is 11.5. The summed E-state index contributed by atoms with van der Waals surface area (Å²) in [7, 11) is 0. The van der Waals surface area contributed by atoms with Gasteiger partial charge in [-0.15, -0.1) is 0 Å². The van der Waals surface area contributed by atoms with Gasteiger partial charge in [-0.2, -0.15) is 0 Å². The van der Waals surface area contributed by atoms with Gasteiger partial charge in [0, 0.05) is 18.8 Å². The Balaban J connectivity index is 1.30. The zero-order chi connectivity index (χ0) is 24.8. The van der Waals surface area contributed by atoms with Gasteiger partial charge in [-0.25, -0.2) is 0 Å². The summed E-state index contributed by atoms with van der Waals surface area (Å²) in [6.45, 7) is 2.93. The maximum atomic E-state index is 12.7. The van der Waals surface area contributed by atoms with Crippen LogP contribution in [0.2, 0.25) is 0 Å². The number of nitrogens with one attached hydrogen (secondary N) is 1. The number of amides is 4. The van der Waals surface area contributed by atoms with Gasteiger partial charge in [0.25, 0.3) is 17.1 Å². The number of thioether (sulfide) groups is 1. The molecule has 2 aliphatic heterocycles. The molecule has 35 heavy (non-hydrogen) atoms. The van der Waals surface area contributed by atoms with Gasteiger partial charge in [0.05, 0.1) is 4.91 Å². The van der Waals surface area contributed by atoms with Crippen LogP contribution in [0.15, 0.2) is 53.4 Å². The number of anilines is 1. The molecule has 1 N–H and O–H groups in total. The molecular formula is C26H27N3O5S.